The van der Waals surface area contributed by atoms with Gasteiger partial charge in [0.05, 0.1) is 6.04 Å². The molecule has 3 atom stereocenters. The fraction of sp³-hybridized carbons (Fsp3) is 0.393. The number of aromatic hydroxyl groups is 1. The van der Waals surface area contributed by atoms with Crippen molar-refractivity contribution in [2.24, 2.45) is 49.4 Å². The molecule has 0 aliphatic heterocycles. The summed E-state index contributed by atoms with van der Waals surface area (Å²) in [5, 5.41) is 15.5. The third-order valence-corrected chi connectivity index (χ3v) is 6.42. The molecule has 0 aromatic heterocycles. The second-order valence-corrected chi connectivity index (χ2v) is 9.98. The molecule has 15 N–H and O–H groups in total. The van der Waals surface area contributed by atoms with E-state index in [0.29, 0.717) is 12.8 Å². The average Bonchev–Trinajstić information content (AvgIpc) is 2.90. The van der Waals surface area contributed by atoms with Gasteiger partial charge in [0, 0.05) is 19.5 Å². The zero-order valence-corrected chi connectivity index (χ0v) is 24.1. The molecule has 0 aliphatic rings. The van der Waals surface area contributed by atoms with Crippen molar-refractivity contribution in [2.45, 2.75) is 57.7 Å². The first-order valence-corrected chi connectivity index (χ1v) is 13.5. The molecular formula is C28H43N11O3. The minimum Gasteiger partial charge on any atom is -0.508 e. The predicted octanol–water partition coefficient (Wildman–Crippen LogP) is -1.27. The predicted molar refractivity (Wildman–Crippen MR) is 165 cm³/mol. The van der Waals surface area contributed by atoms with Crippen molar-refractivity contribution in [1.82, 2.24) is 10.6 Å². The highest BCUT2D eigenvalue weighted by Gasteiger charge is 2.27. The summed E-state index contributed by atoms with van der Waals surface area (Å²) in [6.45, 7) is 4.01. The summed E-state index contributed by atoms with van der Waals surface area (Å²) < 4.78 is 0. The Morgan fingerprint density at radius 1 is 0.857 bits per heavy atom. The first kappa shape index (κ1) is 33.2. The highest BCUT2D eigenvalue weighted by atomic mass is 16.3. The molecule has 2 rings (SSSR count). The van der Waals surface area contributed by atoms with E-state index in [1.165, 1.54) is 0 Å². The Balaban J connectivity index is 2.24. The third-order valence-electron chi connectivity index (χ3n) is 6.42. The maximum Gasteiger partial charge on any atom is 0.245 e. The van der Waals surface area contributed by atoms with Gasteiger partial charge in [0.2, 0.25) is 11.8 Å². The molecule has 0 heterocycles. The Morgan fingerprint density at radius 3 is 2.05 bits per heavy atom. The van der Waals surface area contributed by atoms with Crippen molar-refractivity contribution >= 4 is 29.7 Å². The molecule has 14 nitrogen and oxygen atoms in total. The number of nitrogens with one attached hydrogen (secondary N) is 2. The van der Waals surface area contributed by atoms with Crippen molar-refractivity contribution in [1.29, 1.82) is 0 Å². The molecule has 0 bridgehead atoms. The van der Waals surface area contributed by atoms with Gasteiger partial charge in [-0.05, 0) is 67.5 Å². The van der Waals surface area contributed by atoms with Gasteiger partial charge in [-0.2, -0.15) is 0 Å². The summed E-state index contributed by atoms with van der Waals surface area (Å²) in [4.78, 5) is 39.2. The topological polar surface area (TPSA) is 272 Å². The molecule has 2 amide bonds. The molecule has 0 spiro atoms. The molecule has 228 valence electrons. The first-order valence-electron chi connectivity index (χ1n) is 13.5. The molecule has 2 aromatic carbocycles. The monoisotopic (exact) mass is 581 g/mol. The van der Waals surface area contributed by atoms with Crippen LogP contribution in [0.15, 0.2) is 57.4 Å². The van der Waals surface area contributed by atoms with Gasteiger partial charge >= 0.3 is 0 Å². The van der Waals surface area contributed by atoms with E-state index in [0.717, 1.165) is 22.3 Å². The number of amides is 2. The Kier molecular flexibility index (Phi) is 12.9. The van der Waals surface area contributed by atoms with Crippen molar-refractivity contribution in [3.63, 3.8) is 0 Å². The zero-order chi connectivity index (χ0) is 31.2. The van der Waals surface area contributed by atoms with E-state index >= 15 is 0 Å². The zero-order valence-electron chi connectivity index (χ0n) is 24.1. The van der Waals surface area contributed by atoms with Gasteiger partial charge < -0.3 is 50.1 Å². The SMILES string of the molecule is Cc1cc(O)cc(C)c1CC(N=C(N)N)C(=O)NC(CCCN=C(N)N)C(=O)NCC(Cc1ccccc1)N=C(N)N. The molecular weight excluding hydrogens is 538 g/mol. The Morgan fingerprint density at radius 2 is 1.48 bits per heavy atom. The number of nitrogens with zero attached hydrogens (tertiary/aromatic N) is 3. The normalized spacial score (nSPS) is 12.7. The summed E-state index contributed by atoms with van der Waals surface area (Å²) in [7, 11) is 0. The molecule has 2 aromatic rings. The quantitative estimate of drug-likeness (QED) is 0.0688. The molecule has 3 unspecified atom stereocenters. The largest absolute Gasteiger partial charge is 0.508 e. The molecule has 14 heteroatoms. The fourth-order valence-corrected chi connectivity index (χ4v) is 4.51. The summed E-state index contributed by atoms with van der Waals surface area (Å²) in [6.07, 6.45) is 1.26. The van der Waals surface area contributed by atoms with Gasteiger partial charge in [0.1, 0.15) is 17.8 Å². The van der Waals surface area contributed by atoms with Crippen LogP contribution in [0.1, 0.15) is 35.1 Å². The van der Waals surface area contributed by atoms with Crippen LogP contribution in [0.2, 0.25) is 0 Å². The Labute approximate surface area is 245 Å². The number of guanidine groups is 3. The molecule has 0 radical (unpaired) electrons. The number of benzene rings is 2. The molecule has 0 aliphatic carbocycles. The van der Waals surface area contributed by atoms with Crippen LogP contribution in [-0.4, -0.2) is 66.0 Å². The fourth-order valence-electron chi connectivity index (χ4n) is 4.51. The number of carbonyl (C=O) groups is 2. The van der Waals surface area contributed by atoms with E-state index in [-0.39, 0.29) is 49.6 Å². The number of hydrogen-bond acceptors (Lipinski definition) is 6. The lowest BCUT2D eigenvalue weighted by atomic mass is 9.95. The lowest BCUT2D eigenvalue weighted by Crippen LogP contribution is -2.51. The van der Waals surface area contributed by atoms with Crippen LogP contribution < -0.4 is 45.0 Å². The van der Waals surface area contributed by atoms with E-state index in [1.54, 1.807) is 12.1 Å². The number of phenolic OH excluding ortho intramolecular Hbond substituents is 1. The van der Waals surface area contributed by atoms with Crippen LogP contribution in [0, 0.1) is 13.8 Å². The maximum absolute atomic E-state index is 13.5. The van der Waals surface area contributed by atoms with Crippen molar-refractivity contribution in [2.75, 3.05) is 13.1 Å². The van der Waals surface area contributed by atoms with Gasteiger partial charge in [-0.25, -0.2) is 9.98 Å². The second-order valence-electron chi connectivity index (χ2n) is 9.98. The Hall–Kier alpha value is -5.01. The lowest BCUT2D eigenvalue weighted by molar-refractivity contribution is -0.129. The van der Waals surface area contributed by atoms with E-state index in [4.69, 9.17) is 34.4 Å². The smallest absolute Gasteiger partial charge is 0.245 e. The highest BCUT2D eigenvalue weighted by molar-refractivity contribution is 5.91. The third kappa shape index (κ3) is 11.6. The van der Waals surface area contributed by atoms with Crippen molar-refractivity contribution < 1.29 is 14.7 Å². The Bertz CT molecular complexity index is 1260. The standard InChI is InChI=1S/C28H43N11O3/c1-16-11-20(40)12-17(2)21(16)14-23(39-28(33)34)25(42)38-22(9-6-10-35-26(29)30)24(41)36-15-19(37-27(31)32)13-18-7-4-3-5-8-18/h3-5,7-8,11-12,19,22-23,40H,6,9-10,13-15H2,1-2H3,(H,36,41)(H,38,42)(H4,29,30,35)(H4,31,32,37)(H4,33,34,39). The number of aryl methyl sites for hydroxylation is 2. The lowest BCUT2D eigenvalue weighted by Gasteiger charge is -2.23. The summed E-state index contributed by atoms with van der Waals surface area (Å²) in [5.41, 5.74) is 36.7. The van der Waals surface area contributed by atoms with Gasteiger partial charge in [-0.3, -0.25) is 14.6 Å². The molecule has 0 fully saturated rings. The van der Waals surface area contributed by atoms with Gasteiger partial charge in [0.15, 0.2) is 17.9 Å². The number of phenols is 1. The van der Waals surface area contributed by atoms with Crippen molar-refractivity contribution in [3.05, 3.63) is 64.7 Å². The number of nitrogens with two attached hydrogens (primary N) is 6. The second kappa shape index (κ2) is 16.3. The number of aliphatic imine (C=N–C) groups is 3. The number of rotatable bonds is 15. The van der Waals surface area contributed by atoms with Crippen molar-refractivity contribution in [3.8, 4) is 5.75 Å². The van der Waals surface area contributed by atoms with E-state index in [1.807, 2.05) is 44.2 Å². The average molecular weight is 582 g/mol. The van der Waals surface area contributed by atoms with E-state index in [9.17, 15) is 14.7 Å². The van der Waals surface area contributed by atoms with Crippen LogP contribution in [0.5, 0.6) is 5.75 Å². The first-order chi connectivity index (χ1) is 19.8. The number of hydrogen-bond donors (Lipinski definition) is 9. The summed E-state index contributed by atoms with van der Waals surface area (Å²) >= 11 is 0. The highest BCUT2D eigenvalue weighted by Crippen LogP contribution is 2.23. The number of carbonyl (C=O) groups excluding carboxylic acids is 2. The van der Waals surface area contributed by atoms with Gasteiger partial charge in [0.25, 0.3) is 0 Å². The van der Waals surface area contributed by atoms with E-state index < -0.39 is 29.9 Å². The maximum atomic E-state index is 13.5. The minimum atomic E-state index is -1.03. The summed E-state index contributed by atoms with van der Waals surface area (Å²) in [6, 6.07) is 10.3. The minimum absolute atomic E-state index is 0.0755. The summed E-state index contributed by atoms with van der Waals surface area (Å²) in [5.74, 6) is -1.35. The van der Waals surface area contributed by atoms with Gasteiger partial charge in [-0.1, -0.05) is 30.3 Å². The van der Waals surface area contributed by atoms with Crippen LogP contribution in [0.4, 0.5) is 0 Å². The van der Waals surface area contributed by atoms with Crippen LogP contribution >= 0.6 is 0 Å². The molecule has 42 heavy (non-hydrogen) atoms. The van der Waals surface area contributed by atoms with Crippen LogP contribution in [0.3, 0.4) is 0 Å². The van der Waals surface area contributed by atoms with Crippen LogP contribution in [-0.2, 0) is 22.4 Å². The van der Waals surface area contributed by atoms with E-state index in [2.05, 4.69) is 25.6 Å². The molecule has 0 saturated carbocycles. The molecule has 0 saturated heterocycles. The van der Waals surface area contributed by atoms with Gasteiger partial charge in [-0.15, -0.1) is 0 Å². The van der Waals surface area contributed by atoms with Crippen LogP contribution in [0.25, 0.3) is 0 Å².